The third-order valence-electron chi connectivity index (χ3n) is 4.56. The molecule has 1 aliphatic rings. The fourth-order valence-corrected chi connectivity index (χ4v) is 5.69. The molecule has 0 radical (unpaired) electrons. The van der Waals surface area contributed by atoms with Gasteiger partial charge in [-0.2, -0.15) is 4.31 Å². The molecule has 3 rings (SSSR count). The summed E-state index contributed by atoms with van der Waals surface area (Å²) in [4.78, 5) is 24.4. The van der Waals surface area contributed by atoms with E-state index >= 15 is 0 Å². The summed E-state index contributed by atoms with van der Waals surface area (Å²) < 4.78 is 31.8. The number of amides is 1. The van der Waals surface area contributed by atoms with Crippen LogP contribution in [-0.4, -0.2) is 44.3 Å². The second-order valence-electron chi connectivity index (χ2n) is 6.40. The van der Waals surface area contributed by atoms with E-state index in [0.717, 1.165) is 0 Å². The number of hydrogen-bond donors (Lipinski definition) is 1. The van der Waals surface area contributed by atoms with Crippen LogP contribution in [0.5, 0.6) is 0 Å². The van der Waals surface area contributed by atoms with Crippen molar-refractivity contribution in [2.24, 2.45) is 5.92 Å². The van der Waals surface area contributed by atoms with Gasteiger partial charge in [0.2, 0.25) is 5.91 Å². The molecule has 2 heterocycles. The molecule has 0 unspecified atom stereocenters. The van der Waals surface area contributed by atoms with Gasteiger partial charge >= 0.3 is 5.97 Å². The number of carbonyl (C=O) groups is 2. The molecule has 1 N–H and O–H groups in total. The number of hydrogen-bond acceptors (Lipinski definition) is 6. The molecule has 0 bridgehead atoms. The van der Waals surface area contributed by atoms with Crippen molar-refractivity contribution < 1.29 is 22.7 Å². The number of anilines is 1. The lowest BCUT2D eigenvalue weighted by Gasteiger charge is -2.30. The maximum absolute atomic E-state index is 12.6. The predicted octanol–water partition coefficient (Wildman–Crippen LogP) is 2.96. The highest BCUT2D eigenvalue weighted by Gasteiger charge is 2.32. The zero-order chi connectivity index (χ0) is 20.1. The van der Waals surface area contributed by atoms with Gasteiger partial charge < -0.3 is 10.1 Å². The molecule has 0 spiro atoms. The monoisotopic (exact) mass is 422 g/mol. The Kier molecular flexibility index (Phi) is 6.48. The first-order valence-corrected chi connectivity index (χ1v) is 11.4. The summed E-state index contributed by atoms with van der Waals surface area (Å²) in [5.74, 6) is -0.888. The number of sulfonamides is 1. The highest BCUT2D eigenvalue weighted by Crippen LogP contribution is 2.27. The average molecular weight is 423 g/mol. The third kappa shape index (κ3) is 4.60. The highest BCUT2D eigenvalue weighted by molar-refractivity contribution is 7.91. The van der Waals surface area contributed by atoms with Crippen molar-refractivity contribution in [1.29, 1.82) is 0 Å². The topological polar surface area (TPSA) is 92.8 Å². The minimum atomic E-state index is -3.48. The standard InChI is InChI=1S/C19H22N2O5S2/c1-2-26-19(23)15-5-3-6-16(13-15)20-18(22)14-8-10-21(11-9-14)28(24,25)17-7-4-12-27-17/h3-7,12-14H,2,8-11H2,1H3,(H,20,22). The maximum Gasteiger partial charge on any atom is 0.338 e. The molecule has 1 aromatic heterocycles. The molecule has 28 heavy (non-hydrogen) atoms. The molecule has 2 aromatic rings. The first-order valence-electron chi connectivity index (χ1n) is 9.03. The van der Waals surface area contributed by atoms with Crippen LogP contribution in [0.15, 0.2) is 46.0 Å². The largest absolute Gasteiger partial charge is 0.462 e. The van der Waals surface area contributed by atoms with Crippen LogP contribution in [0.25, 0.3) is 0 Å². The normalized spacial score (nSPS) is 15.9. The first kappa shape index (κ1) is 20.5. The van der Waals surface area contributed by atoms with Crippen LogP contribution in [0.3, 0.4) is 0 Å². The van der Waals surface area contributed by atoms with Gasteiger partial charge in [-0.3, -0.25) is 4.79 Å². The Hall–Kier alpha value is -2.23. The molecular weight excluding hydrogens is 400 g/mol. The minimum Gasteiger partial charge on any atom is -0.462 e. The van der Waals surface area contributed by atoms with Crippen molar-refractivity contribution in [3.63, 3.8) is 0 Å². The van der Waals surface area contributed by atoms with Gasteiger partial charge in [0.05, 0.1) is 12.2 Å². The van der Waals surface area contributed by atoms with E-state index in [1.54, 1.807) is 48.7 Å². The zero-order valence-corrected chi connectivity index (χ0v) is 17.1. The summed E-state index contributed by atoms with van der Waals surface area (Å²) in [6, 6.07) is 9.89. The lowest BCUT2D eigenvalue weighted by atomic mass is 9.97. The van der Waals surface area contributed by atoms with E-state index in [0.29, 0.717) is 41.4 Å². The van der Waals surface area contributed by atoms with Gasteiger partial charge in [-0.25, -0.2) is 13.2 Å². The van der Waals surface area contributed by atoms with Gasteiger partial charge in [-0.1, -0.05) is 12.1 Å². The van der Waals surface area contributed by atoms with Gasteiger partial charge in [0.1, 0.15) is 4.21 Å². The Labute approximate surface area is 168 Å². The number of nitrogens with zero attached hydrogens (tertiary/aromatic N) is 1. The number of thiophene rings is 1. The minimum absolute atomic E-state index is 0.172. The number of esters is 1. The summed E-state index contributed by atoms with van der Waals surface area (Å²) in [6.45, 7) is 2.62. The van der Waals surface area contributed by atoms with Gasteiger partial charge in [0.15, 0.2) is 0 Å². The highest BCUT2D eigenvalue weighted by atomic mass is 32.2. The Balaban J connectivity index is 1.59. The van der Waals surface area contributed by atoms with Crippen molar-refractivity contribution in [2.75, 3.05) is 25.0 Å². The fraction of sp³-hybridized carbons (Fsp3) is 0.368. The van der Waals surface area contributed by atoms with Crippen molar-refractivity contribution in [2.45, 2.75) is 24.0 Å². The molecule has 9 heteroatoms. The van der Waals surface area contributed by atoms with Crippen LogP contribution in [0.4, 0.5) is 5.69 Å². The second kappa shape index (κ2) is 8.85. The van der Waals surface area contributed by atoms with Crippen molar-refractivity contribution in [1.82, 2.24) is 4.31 Å². The number of ether oxygens (including phenoxy) is 1. The summed E-state index contributed by atoms with van der Waals surface area (Å²) >= 11 is 1.19. The fourth-order valence-electron chi connectivity index (χ4n) is 3.08. The predicted molar refractivity (Wildman–Crippen MR) is 107 cm³/mol. The van der Waals surface area contributed by atoms with Crippen LogP contribution >= 0.6 is 11.3 Å². The SMILES string of the molecule is CCOC(=O)c1cccc(NC(=O)C2CCN(S(=O)(=O)c3cccs3)CC2)c1. The molecule has 7 nitrogen and oxygen atoms in total. The van der Waals surface area contributed by atoms with E-state index in [2.05, 4.69) is 5.32 Å². The average Bonchev–Trinajstić information content (AvgIpc) is 3.24. The molecule has 1 aromatic carbocycles. The zero-order valence-electron chi connectivity index (χ0n) is 15.5. The quantitative estimate of drug-likeness (QED) is 0.723. The summed E-state index contributed by atoms with van der Waals surface area (Å²) in [5, 5.41) is 4.55. The molecule has 0 saturated carbocycles. The number of benzene rings is 1. The van der Waals surface area contributed by atoms with Crippen molar-refractivity contribution in [3.05, 3.63) is 47.3 Å². The molecular formula is C19H22N2O5S2. The van der Waals surface area contributed by atoms with E-state index in [-0.39, 0.29) is 18.4 Å². The summed E-state index contributed by atoms with van der Waals surface area (Å²) in [6.07, 6.45) is 0.905. The second-order valence-corrected chi connectivity index (χ2v) is 9.51. The Morgan fingerprint density at radius 1 is 1.21 bits per heavy atom. The van der Waals surface area contributed by atoms with Crippen LogP contribution in [0, 0.1) is 5.92 Å². The molecule has 1 aliphatic heterocycles. The molecule has 0 aliphatic carbocycles. The number of carbonyl (C=O) groups excluding carboxylic acids is 2. The van der Waals surface area contributed by atoms with Crippen molar-refractivity contribution in [3.8, 4) is 0 Å². The lowest BCUT2D eigenvalue weighted by molar-refractivity contribution is -0.120. The summed E-state index contributed by atoms with van der Waals surface area (Å²) in [7, 11) is -3.48. The first-order chi connectivity index (χ1) is 13.4. The Bertz CT molecular complexity index is 933. The van der Waals surface area contributed by atoms with E-state index in [1.807, 2.05) is 0 Å². The van der Waals surface area contributed by atoms with E-state index in [1.165, 1.54) is 15.6 Å². The van der Waals surface area contributed by atoms with Crippen molar-refractivity contribution >= 4 is 38.9 Å². The Morgan fingerprint density at radius 2 is 1.96 bits per heavy atom. The molecule has 1 fully saturated rings. The van der Waals surface area contributed by atoms with Gasteiger partial charge in [0.25, 0.3) is 10.0 Å². The van der Waals surface area contributed by atoms with E-state index < -0.39 is 16.0 Å². The van der Waals surface area contributed by atoms with Gasteiger partial charge in [0, 0.05) is 24.7 Å². The van der Waals surface area contributed by atoms with Crippen LogP contribution in [0.2, 0.25) is 0 Å². The molecule has 1 amide bonds. The molecule has 1 saturated heterocycles. The number of rotatable bonds is 6. The van der Waals surface area contributed by atoms with E-state index in [9.17, 15) is 18.0 Å². The third-order valence-corrected chi connectivity index (χ3v) is 7.83. The van der Waals surface area contributed by atoms with Crippen LogP contribution < -0.4 is 5.32 Å². The lowest BCUT2D eigenvalue weighted by Crippen LogP contribution is -2.41. The van der Waals surface area contributed by atoms with Crippen LogP contribution in [0.1, 0.15) is 30.1 Å². The van der Waals surface area contributed by atoms with Gasteiger partial charge in [-0.05, 0) is 49.4 Å². The van der Waals surface area contributed by atoms with Gasteiger partial charge in [-0.15, -0.1) is 11.3 Å². The number of nitrogens with one attached hydrogen (secondary N) is 1. The van der Waals surface area contributed by atoms with Crippen LogP contribution in [-0.2, 0) is 19.6 Å². The Morgan fingerprint density at radius 3 is 2.61 bits per heavy atom. The number of piperidine rings is 1. The van der Waals surface area contributed by atoms with E-state index in [4.69, 9.17) is 4.74 Å². The molecule has 0 atom stereocenters. The molecule has 150 valence electrons. The summed E-state index contributed by atoms with van der Waals surface area (Å²) in [5.41, 5.74) is 0.890. The smallest absolute Gasteiger partial charge is 0.338 e. The maximum atomic E-state index is 12.6.